The summed E-state index contributed by atoms with van der Waals surface area (Å²) >= 11 is 0.750. The van der Waals surface area contributed by atoms with E-state index in [1.54, 1.807) is 60.7 Å². The first-order chi connectivity index (χ1) is 16.2. The quantitative estimate of drug-likeness (QED) is 0.418. The van der Waals surface area contributed by atoms with Gasteiger partial charge in [-0.05, 0) is 37.3 Å². The van der Waals surface area contributed by atoms with Gasteiger partial charge in [0.15, 0.2) is 5.69 Å². The van der Waals surface area contributed by atoms with Gasteiger partial charge >= 0.3 is 18.2 Å². The maximum atomic E-state index is 13.6. The van der Waals surface area contributed by atoms with Crippen molar-refractivity contribution >= 4 is 35.1 Å². The van der Waals surface area contributed by atoms with Gasteiger partial charge in [-0.15, -0.1) is 0 Å². The van der Waals surface area contributed by atoms with Crippen LogP contribution >= 0.6 is 11.8 Å². The molecule has 7 nitrogen and oxygen atoms in total. The summed E-state index contributed by atoms with van der Waals surface area (Å²) in [7, 11) is 0. The molecule has 34 heavy (non-hydrogen) atoms. The molecule has 0 bridgehead atoms. The Bertz CT molecular complexity index is 1240. The van der Waals surface area contributed by atoms with Gasteiger partial charge in [0.1, 0.15) is 11.1 Å². The maximum absolute atomic E-state index is 13.6. The zero-order valence-corrected chi connectivity index (χ0v) is 18.5. The summed E-state index contributed by atoms with van der Waals surface area (Å²) in [5, 5.41) is 14.5. The number of benzene rings is 2. The highest BCUT2D eigenvalue weighted by atomic mass is 32.2. The fraction of sp³-hybridized carbons (Fsp3) is 0.130. The van der Waals surface area contributed by atoms with Gasteiger partial charge < -0.3 is 15.4 Å². The van der Waals surface area contributed by atoms with E-state index < -0.39 is 29.4 Å². The SMILES string of the molecule is CCOC(=O)c1cc(C#N)c(Sc2ccccc2NC(=O)Nc2ccccc2)nc1C(F)(F)F. The molecule has 2 aromatic carbocycles. The second-order valence-corrected chi connectivity index (χ2v) is 7.64. The Morgan fingerprint density at radius 2 is 1.76 bits per heavy atom. The zero-order chi connectivity index (χ0) is 24.7. The molecule has 0 saturated heterocycles. The molecule has 1 heterocycles. The number of carbonyl (C=O) groups excluding carboxylic acids is 2. The molecular weight excluding hydrogens is 469 g/mol. The van der Waals surface area contributed by atoms with Crippen LogP contribution in [-0.4, -0.2) is 23.6 Å². The van der Waals surface area contributed by atoms with Crippen LogP contribution in [0.5, 0.6) is 0 Å². The van der Waals surface area contributed by atoms with Crippen molar-refractivity contribution < 1.29 is 27.5 Å². The number of urea groups is 1. The number of nitrogens with zero attached hydrogens (tertiary/aromatic N) is 2. The second kappa shape index (κ2) is 10.7. The van der Waals surface area contributed by atoms with Gasteiger partial charge in [-0.3, -0.25) is 0 Å². The Labute approximate surface area is 197 Å². The zero-order valence-electron chi connectivity index (χ0n) is 17.6. The highest BCUT2D eigenvalue weighted by Gasteiger charge is 2.39. The van der Waals surface area contributed by atoms with Gasteiger partial charge in [0.2, 0.25) is 0 Å². The van der Waals surface area contributed by atoms with E-state index in [-0.39, 0.29) is 22.9 Å². The number of rotatable bonds is 6. The molecule has 0 aliphatic rings. The van der Waals surface area contributed by atoms with E-state index in [9.17, 15) is 28.0 Å². The number of ether oxygens (including phenoxy) is 1. The third-order valence-electron chi connectivity index (χ3n) is 4.25. The Balaban J connectivity index is 1.94. The number of alkyl halides is 3. The van der Waals surface area contributed by atoms with E-state index in [1.807, 2.05) is 0 Å². The molecule has 0 fully saturated rings. The van der Waals surface area contributed by atoms with Crippen LogP contribution in [0.3, 0.4) is 0 Å². The molecule has 11 heteroatoms. The molecule has 0 spiro atoms. The van der Waals surface area contributed by atoms with Crippen molar-refractivity contribution in [2.75, 3.05) is 17.2 Å². The highest BCUT2D eigenvalue weighted by molar-refractivity contribution is 7.99. The number of aromatic nitrogens is 1. The van der Waals surface area contributed by atoms with Crippen molar-refractivity contribution in [3.8, 4) is 6.07 Å². The van der Waals surface area contributed by atoms with Crippen LogP contribution in [0.4, 0.5) is 29.3 Å². The lowest BCUT2D eigenvalue weighted by Gasteiger charge is -2.15. The summed E-state index contributed by atoms with van der Waals surface area (Å²) in [5.41, 5.74) is -1.72. The van der Waals surface area contributed by atoms with Gasteiger partial charge in [-0.2, -0.15) is 18.4 Å². The number of para-hydroxylation sites is 2. The fourth-order valence-electron chi connectivity index (χ4n) is 2.80. The Morgan fingerprint density at radius 3 is 2.41 bits per heavy atom. The van der Waals surface area contributed by atoms with Crippen molar-refractivity contribution in [2.24, 2.45) is 0 Å². The lowest BCUT2D eigenvalue weighted by atomic mass is 10.1. The van der Waals surface area contributed by atoms with E-state index in [2.05, 4.69) is 20.4 Å². The predicted octanol–water partition coefficient (Wildman–Crippen LogP) is 5.94. The summed E-state index contributed by atoms with van der Waals surface area (Å²) in [6, 6.07) is 17.0. The van der Waals surface area contributed by atoms with E-state index in [0.29, 0.717) is 10.6 Å². The molecule has 3 aromatic rings. The largest absolute Gasteiger partial charge is 0.462 e. The normalized spacial score (nSPS) is 10.8. The lowest BCUT2D eigenvalue weighted by molar-refractivity contribution is -0.142. The molecule has 0 aliphatic heterocycles. The van der Waals surface area contributed by atoms with Crippen molar-refractivity contribution in [1.29, 1.82) is 5.26 Å². The van der Waals surface area contributed by atoms with E-state index >= 15 is 0 Å². The molecule has 2 amide bonds. The first kappa shape index (κ1) is 24.6. The topological polar surface area (TPSA) is 104 Å². The molecule has 0 saturated carbocycles. The number of hydrogen-bond acceptors (Lipinski definition) is 6. The number of anilines is 2. The van der Waals surface area contributed by atoms with Crippen LogP contribution in [0, 0.1) is 11.3 Å². The summed E-state index contributed by atoms with van der Waals surface area (Å²) in [6.45, 7) is 1.31. The van der Waals surface area contributed by atoms with Gasteiger partial charge in [0.05, 0.1) is 23.4 Å². The van der Waals surface area contributed by atoms with Gasteiger partial charge in [-0.1, -0.05) is 42.1 Å². The van der Waals surface area contributed by atoms with Gasteiger partial charge in [0, 0.05) is 10.6 Å². The Hall–Kier alpha value is -4.04. The first-order valence-corrected chi connectivity index (χ1v) is 10.6. The van der Waals surface area contributed by atoms with Crippen LogP contribution in [0.25, 0.3) is 0 Å². The van der Waals surface area contributed by atoms with E-state index in [4.69, 9.17) is 0 Å². The number of esters is 1. The smallest absolute Gasteiger partial charge is 0.434 e. The molecule has 0 aliphatic carbocycles. The molecule has 0 unspecified atom stereocenters. The minimum atomic E-state index is -4.96. The standard InChI is InChI=1S/C23H17F3N4O3S/c1-2-33-21(31)16-12-14(13-27)20(30-19(16)23(24,25)26)34-18-11-7-6-10-17(18)29-22(32)28-15-8-4-3-5-9-15/h3-12H,2H2,1H3,(H2,28,29,32). The van der Waals surface area contributed by atoms with Crippen molar-refractivity contribution in [3.63, 3.8) is 0 Å². The fourth-order valence-corrected chi connectivity index (χ4v) is 3.74. The second-order valence-electron chi connectivity index (χ2n) is 6.61. The molecule has 3 rings (SSSR count). The van der Waals surface area contributed by atoms with Crippen LogP contribution in [0.1, 0.15) is 28.5 Å². The average Bonchev–Trinajstić information content (AvgIpc) is 2.80. The Morgan fingerprint density at radius 1 is 1.09 bits per heavy atom. The van der Waals surface area contributed by atoms with Gasteiger partial charge in [-0.25, -0.2) is 14.6 Å². The molecule has 174 valence electrons. The number of amides is 2. The van der Waals surface area contributed by atoms with Crippen molar-refractivity contribution in [2.45, 2.75) is 23.0 Å². The summed E-state index contributed by atoms with van der Waals surface area (Å²) in [4.78, 5) is 28.3. The third kappa shape index (κ3) is 6.05. The molecule has 0 atom stereocenters. The average molecular weight is 486 g/mol. The van der Waals surface area contributed by atoms with E-state index in [0.717, 1.165) is 17.8 Å². The molecular formula is C23H17F3N4O3S. The minimum Gasteiger partial charge on any atom is -0.462 e. The van der Waals surface area contributed by atoms with Gasteiger partial charge in [0.25, 0.3) is 0 Å². The molecule has 0 radical (unpaired) electrons. The summed E-state index contributed by atoms with van der Waals surface area (Å²) in [6.07, 6.45) is -4.96. The first-order valence-electron chi connectivity index (χ1n) is 9.82. The summed E-state index contributed by atoms with van der Waals surface area (Å²) < 4.78 is 45.6. The van der Waals surface area contributed by atoms with Crippen molar-refractivity contribution in [1.82, 2.24) is 4.98 Å². The Kier molecular flexibility index (Phi) is 7.75. The highest BCUT2D eigenvalue weighted by Crippen LogP contribution is 2.38. The lowest BCUT2D eigenvalue weighted by Crippen LogP contribution is -2.20. The number of halogens is 3. The summed E-state index contributed by atoms with van der Waals surface area (Å²) in [5.74, 6) is -1.23. The number of hydrogen-bond donors (Lipinski definition) is 2. The monoisotopic (exact) mass is 486 g/mol. The van der Waals surface area contributed by atoms with Crippen LogP contribution in [0.2, 0.25) is 0 Å². The number of nitriles is 1. The molecule has 2 N–H and O–H groups in total. The molecule has 1 aromatic heterocycles. The van der Waals surface area contributed by atoms with Crippen LogP contribution in [0.15, 0.2) is 70.6 Å². The van der Waals surface area contributed by atoms with Crippen LogP contribution < -0.4 is 10.6 Å². The van der Waals surface area contributed by atoms with Crippen LogP contribution in [-0.2, 0) is 10.9 Å². The van der Waals surface area contributed by atoms with Crippen molar-refractivity contribution in [3.05, 3.63) is 77.5 Å². The number of carbonyl (C=O) groups is 2. The minimum absolute atomic E-state index is 0.140. The predicted molar refractivity (Wildman–Crippen MR) is 120 cm³/mol. The third-order valence-corrected chi connectivity index (χ3v) is 5.33. The number of nitrogens with one attached hydrogen (secondary N) is 2. The number of pyridine rings is 1. The maximum Gasteiger partial charge on any atom is 0.434 e. The van der Waals surface area contributed by atoms with E-state index in [1.165, 1.54) is 6.92 Å².